The minimum Gasteiger partial charge on any atom is -0.371 e. The first kappa shape index (κ1) is 13.7. The first-order valence-electron chi connectivity index (χ1n) is 7.26. The number of nitrogens with zero attached hydrogens (tertiary/aromatic N) is 1. The molecule has 0 N–H and O–H groups in total. The molecule has 2 rings (SSSR count). The van der Waals surface area contributed by atoms with Crippen LogP contribution in [0.25, 0.3) is 11.1 Å². The molecule has 1 nitrogen and oxygen atoms in total. The van der Waals surface area contributed by atoms with Gasteiger partial charge in [-0.05, 0) is 25.0 Å². The summed E-state index contributed by atoms with van der Waals surface area (Å²) in [7, 11) is 0. The minimum absolute atomic E-state index is 1.06. The fourth-order valence-corrected chi connectivity index (χ4v) is 2.41. The fourth-order valence-electron chi connectivity index (χ4n) is 2.41. The predicted molar refractivity (Wildman–Crippen MR) is 84.7 cm³/mol. The Hall–Kier alpha value is -1.76. The maximum atomic E-state index is 2.48. The van der Waals surface area contributed by atoms with Crippen LogP contribution in [0, 0.1) is 0 Å². The zero-order valence-corrected chi connectivity index (χ0v) is 12.0. The minimum atomic E-state index is 1.06. The summed E-state index contributed by atoms with van der Waals surface area (Å²) < 4.78 is 0. The second kappa shape index (κ2) is 6.98. The molecular formula is C18H23N. The quantitative estimate of drug-likeness (QED) is 0.701. The smallest absolute Gasteiger partial charge is 0.0445 e. The molecule has 0 aliphatic carbocycles. The van der Waals surface area contributed by atoms with Gasteiger partial charge >= 0.3 is 0 Å². The van der Waals surface area contributed by atoms with E-state index in [1.807, 2.05) is 0 Å². The van der Waals surface area contributed by atoms with Gasteiger partial charge in [-0.15, -0.1) is 0 Å². The Morgan fingerprint density at radius 3 is 2.21 bits per heavy atom. The first-order chi connectivity index (χ1) is 9.36. The largest absolute Gasteiger partial charge is 0.371 e. The number of para-hydroxylation sites is 1. The molecule has 0 bridgehead atoms. The molecule has 0 saturated heterocycles. The molecular weight excluding hydrogens is 230 g/mol. The van der Waals surface area contributed by atoms with E-state index in [9.17, 15) is 0 Å². The number of anilines is 1. The number of unbranched alkanes of at least 4 members (excludes halogenated alkanes) is 1. The zero-order valence-electron chi connectivity index (χ0n) is 12.0. The van der Waals surface area contributed by atoms with Gasteiger partial charge in [0.25, 0.3) is 0 Å². The highest BCUT2D eigenvalue weighted by molar-refractivity contribution is 5.78. The molecule has 0 aliphatic heterocycles. The van der Waals surface area contributed by atoms with Crippen LogP contribution < -0.4 is 4.90 Å². The lowest BCUT2D eigenvalue weighted by Gasteiger charge is -2.25. The lowest BCUT2D eigenvalue weighted by atomic mass is 10.0. The van der Waals surface area contributed by atoms with Gasteiger partial charge in [0, 0.05) is 24.3 Å². The van der Waals surface area contributed by atoms with E-state index in [0.29, 0.717) is 0 Å². The molecule has 0 heterocycles. The molecule has 0 unspecified atom stereocenters. The van der Waals surface area contributed by atoms with Crippen LogP contribution in [0.2, 0.25) is 0 Å². The monoisotopic (exact) mass is 253 g/mol. The normalized spacial score (nSPS) is 10.4. The average molecular weight is 253 g/mol. The SMILES string of the molecule is CCCCN(CC)c1ccccc1-c1ccccc1. The van der Waals surface area contributed by atoms with Gasteiger partial charge in [0.15, 0.2) is 0 Å². The molecule has 0 fully saturated rings. The van der Waals surface area contributed by atoms with E-state index in [2.05, 4.69) is 73.3 Å². The van der Waals surface area contributed by atoms with E-state index >= 15 is 0 Å². The summed E-state index contributed by atoms with van der Waals surface area (Å²) >= 11 is 0. The molecule has 0 aliphatic rings. The van der Waals surface area contributed by atoms with E-state index in [1.54, 1.807) is 0 Å². The maximum Gasteiger partial charge on any atom is 0.0445 e. The van der Waals surface area contributed by atoms with E-state index in [-0.39, 0.29) is 0 Å². The van der Waals surface area contributed by atoms with Crippen molar-refractivity contribution in [3.63, 3.8) is 0 Å². The van der Waals surface area contributed by atoms with Crippen LogP contribution in [0.3, 0.4) is 0 Å². The van der Waals surface area contributed by atoms with Crippen molar-refractivity contribution in [1.29, 1.82) is 0 Å². The van der Waals surface area contributed by atoms with E-state index in [1.165, 1.54) is 29.7 Å². The summed E-state index contributed by atoms with van der Waals surface area (Å²) in [4.78, 5) is 2.48. The third-order valence-corrected chi connectivity index (χ3v) is 3.49. The molecule has 100 valence electrons. The van der Waals surface area contributed by atoms with Gasteiger partial charge in [-0.25, -0.2) is 0 Å². The second-order valence-corrected chi connectivity index (χ2v) is 4.82. The Balaban J connectivity index is 2.35. The van der Waals surface area contributed by atoms with Crippen molar-refractivity contribution in [3.05, 3.63) is 54.6 Å². The van der Waals surface area contributed by atoms with Crippen molar-refractivity contribution in [2.24, 2.45) is 0 Å². The average Bonchev–Trinajstić information content (AvgIpc) is 2.49. The van der Waals surface area contributed by atoms with Crippen molar-refractivity contribution in [1.82, 2.24) is 0 Å². The van der Waals surface area contributed by atoms with Gasteiger partial charge in [0.2, 0.25) is 0 Å². The lowest BCUT2D eigenvalue weighted by Crippen LogP contribution is -2.24. The first-order valence-corrected chi connectivity index (χ1v) is 7.26. The lowest BCUT2D eigenvalue weighted by molar-refractivity contribution is 0.733. The Labute approximate surface area is 116 Å². The van der Waals surface area contributed by atoms with Crippen molar-refractivity contribution in [2.45, 2.75) is 26.7 Å². The number of rotatable bonds is 6. The van der Waals surface area contributed by atoms with Gasteiger partial charge in [0.1, 0.15) is 0 Å². The van der Waals surface area contributed by atoms with Gasteiger partial charge in [0.05, 0.1) is 0 Å². The third kappa shape index (κ3) is 3.37. The molecule has 1 heteroatoms. The predicted octanol–water partition coefficient (Wildman–Crippen LogP) is 4.98. The van der Waals surface area contributed by atoms with E-state index < -0.39 is 0 Å². The van der Waals surface area contributed by atoms with Crippen molar-refractivity contribution in [3.8, 4) is 11.1 Å². The topological polar surface area (TPSA) is 3.24 Å². The van der Waals surface area contributed by atoms with Crippen LogP contribution >= 0.6 is 0 Å². The van der Waals surface area contributed by atoms with Gasteiger partial charge in [-0.2, -0.15) is 0 Å². The van der Waals surface area contributed by atoms with E-state index in [0.717, 1.165) is 13.1 Å². The Bertz CT molecular complexity index is 490. The van der Waals surface area contributed by atoms with Gasteiger partial charge in [-0.3, -0.25) is 0 Å². The summed E-state index contributed by atoms with van der Waals surface area (Å²) in [5, 5.41) is 0. The molecule has 19 heavy (non-hydrogen) atoms. The van der Waals surface area contributed by atoms with Crippen molar-refractivity contribution < 1.29 is 0 Å². The molecule has 0 saturated carbocycles. The highest BCUT2D eigenvalue weighted by Crippen LogP contribution is 2.30. The molecule has 0 spiro atoms. The Kier molecular flexibility index (Phi) is 5.02. The molecule has 0 aromatic heterocycles. The Morgan fingerprint density at radius 1 is 0.842 bits per heavy atom. The summed E-state index contributed by atoms with van der Waals surface area (Å²) in [5.41, 5.74) is 3.98. The fraction of sp³-hybridized carbons (Fsp3) is 0.333. The van der Waals surface area contributed by atoms with Crippen LogP contribution in [0.4, 0.5) is 5.69 Å². The summed E-state index contributed by atoms with van der Waals surface area (Å²) in [6.07, 6.45) is 2.49. The van der Waals surface area contributed by atoms with Crippen LogP contribution in [-0.4, -0.2) is 13.1 Å². The summed E-state index contributed by atoms with van der Waals surface area (Å²) in [5.74, 6) is 0. The maximum absolute atomic E-state index is 2.48. The molecule has 0 atom stereocenters. The van der Waals surface area contributed by atoms with Crippen LogP contribution in [-0.2, 0) is 0 Å². The zero-order chi connectivity index (χ0) is 13.5. The number of benzene rings is 2. The van der Waals surface area contributed by atoms with Gasteiger partial charge < -0.3 is 4.90 Å². The Morgan fingerprint density at radius 2 is 1.53 bits per heavy atom. The van der Waals surface area contributed by atoms with Crippen LogP contribution in [0.1, 0.15) is 26.7 Å². The molecule has 0 amide bonds. The molecule has 2 aromatic carbocycles. The standard InChI is InChI=1S/C18H23N/c1-3-5-15-19(4-2)18-14-10-9-13-17(18)16-11-7-6-8-12-16/h6-14H,3-5,15H2,1-2H3. The third-order valence-electron chi connectivity index (χ3n) is 3.49. The van der Waals surface area contributed by atoms with Crippen molar-refractivity contribution >= 4 is 5.69 Å². The number of hydrogen-bond acceptors (Lipinski definition) is 1. The molecule has 0 radical (unpaired) electrons. The van der Waals surface area contributed by atoms with Crippen LogP contribution in [0.5, 0.6) is 0 Å². The highest BCUT2D eigenvalue weighted by Gasteiger charge is 2.09. The van der Waals surface area contributed by atoms with Crippen LogP contribution in [0.15, 0.2) is 54.6 Å². The second-order valence-electron chi connectivity index (χ2n) is 4.82. The number of hydrogen-bond donors (Lipinski definition) is 0. The van der Waals surface area contributed by atoms with Crippen molar-refractivity contribution in [2.75, 3.05) is 18.0 Å². The highest BCUT2D eigenvalue weighted by atomic mass is 15.1. The summed E-state index contributed by atoms with van der Waals surface area (Å²) in [6.45, 7) is 6.68. The summed E-state index contributed by atoms with van der Waals surface area (Å²) in [6, 6.07) is 19.4. The van der Waals surface area contributed by atoms with E-state index in [4.69, 9.17) is 0 Å². The van der Waals surface area contributed by atoms with Gasteiger partial charge in [-0.1, -0.05) is 61.9 Å². The molecule has 2 aromatic rings.